The van der Waals surface area contributed by atoms with Gasteiger partial charge in [0, 0.05) is 26.3 Å². The zero-order chi connectivity index (χ0) is 11.4. The van der Waals surface area contributed by atoms with E-state index in [9.17, 15) is 0 Å². The summed E-state index contributed by atoms with van der Waals surface area (Å²) in [7, 11) is 4.17. The zero-order valence-electron chi connectivity index (χ0n) is 10.4. The molecule has 1 N–H and O–H groups in total. The Morgan fingerprint density at radius 1 is 1.12 bits per heavy atom. The molecule has 1 atom stereocenters. The number of anilines is 1. The van der Waals surface area contributed by atoms with Gasteiger partial charge in [-0.2, -0.15) is 0 Å². The standard InChI is InChI=1S/C14H22N2/c1-16(2)14-8-6-12(7-9-14)13-5-3-4-10-15-11-13/h6-9,13,15H,3-5,10-11H2,1-2H3. The van der Waals surface area contributed by atoms with Crippen LogP contribution in [-0.2, 0) is 0 Å². The van der Waals surface area contributed by atoms with E-state index in [-0.39, 0.29) is 0 Å². The molecule has 1 unspecified atom stereocenters. The normalized spacial score (nSPS) is 21.5. The molecular weight excluding hydrogens is 196 g/mol. The van der Waals surface area contributed by atoms with Crippen LogP contribution in [0.1, 0.15) is 30.7 Å². The summed E-state index contributed by atoms with van der Waals surface area (Å²) in [6.45, 7) is 2.33. The molecule has 16 heavy (non-hydrogen) atoms. The van der Waals surface area contributed by atoms with Gasteiger partial charge < -0.3 is 10.2 Å². The van der Waals surface area contributed by atoms with Crippen LogP contribution < -0.4 is 10.2 Å². The quantitative estimate of drug-likeness (QED) is 0.821. The molecule has 0 radical (unpaired) electrons. The molecule has 1 aromatic rings. The largest absolute Gasteiger partial charge is 0.378 e. The first-order chi connectivity index (χ1) is 7.77. The van der Waals surface area contributed by atoms with E-state index in [1.54, 1.807) is 0 Å². The van der Waals surface area contributed by atoms with Crippen molar-refractivity contribution >= 4 is 5.69 Å². The highest BCUT2D eigenvalue weighted by molar-refractivity contribution is 5.46. The van der Waals surface area contributed by atoms with E-state index in [0.717, 1.165) is 6.54 Å². The van der Waals surface area contributed by atoms with Crippen LogP contribution in [0.3, 0.4) is 0 Å². The molecule has 0 amide bonds. The summed E-state index contributed by atoms with van der Waals surface area (Å²) in [5.74, 6) is 0.707. The molecule has 2 nitrogen and oxygen atoms in total. The first-order valence-electron chi connectivity index (χ1n) is 6.25. The van der Waals surface area contributed by atoms with Gasteiger partial charge in [-0.15, -0.1) is 0 Å². The van der Waals surface area contributed by atoms with Gasteiger partial charge in [-0.05, 0) is 43.0 Å². The maximum Gasteiger partial charge on any atom is 0.0361 e. The molecule has 2 heteroatoms. The lowest BCUT2D eigenvalue weighted by Gasteiger charge is -2.17. The predicted octanol–water partition coefficient (Wildman–Crippen LogP) is 2.61. The van der Waals surface area contributed by atoms with Crippen LogP contribution in [0.5, 0.6) is 0 Å². The number of hydrogen-bond acceptors (Lipinski definition) is 2. The number of hydrogen-bond donors (Lipinski definition) is 1. The minimum atomic E-state index is 0.707. The van der Waals surface area contributed by atoms with Crippen LogP contribution in [0.4, 0.5) is 5.69 Å². The number of nitrogens with one attached hydrogen (secondary N) is 1. The smallest absolute Gasteiger partial charge is 0.0361 e. The zero-order valence-corrected chi connectivity index (χ0v) is 10.4. The Kier molecular flexibility index (Phi) is 3.83. The molecule has 88 valence electrons. The fraction of sp³-hybridized carbons (Fsp3) is 0.571. The van der Waals surface area contributed by atoms with Crippen LogP contribution in [0, 0.1) is 0 Å². The molecule has 0 spiro atoms. The van der Waals surface area contributed by atoms with Crippen LogP contribution in [0.2, 0.25) is 0 Å². The first kappa shape index (κ1) is 11.5. The van der Waals surface area contributed by atoms with E-state index >= 15 is 0 Å². The highest BCUT2D eigenvalue weighted by atomic mass is 15.1. The van der Waals surface area contributed by atoms with Crippen molar-refractivity contribution in [1.82, 2.24) is 5.32 Å². The summed E-state index contributed by atoms with van der Waals surface area (Å²) in [4.78, 5) is 2.15. The molecule has 1 aliphatic heterocycles. The molecule has 0 saturated carbocycles. The number of benzene rings is 1. The van der Waals surface area contributed by atoms with Crippen LogP contribution in [0.15, 0.2) is 24.3 Å². The molecular formula is C14H22N2. The molecule has 1 aliphatic rings. The lowest BCUT2D eigenvalue weighted by Crippen LogP contribution is -2.19. The molecule has 1 aromatic carbocycles. The van der Waals surface area contributed by atoms with E-state index in [1.807, 2.05) is 0 Å². The molecule has 1 heterocycles. The Morgan fingerprint density at radius 2 is 1.88 bits per heavy atom. The second-order valence-electron chi connectivity index (χ2n) is 4.88. The highest BCUT2D eigenvalue weighted by Gasteiger charge is 2.13. The van der Waals surface area contributed by atoms with Crippen molar-refractivity contribution in [3.8, 4) is 0 Å². The Morgan fingerprint density at radius 3 is 2.56 bits per heavy atom. The van der Waals surface area contributed by atoms with E-state index < -0.39 is 0 Å². The first-order valence-corrected chi connectivity index (χ1v) is 6.25. The number of rotatable bonds is 2. The van der Waals surface area contributed by atoms with Gasteiger partial charge in [0.1, 0.15) is 0 Å². The fourth-order valence-corrected chi connectivity index (χ4v) is 2.35. The van der Waals surface area contributed by atoms with Gasteiger partial charge in [-0.3, -0.25) is 0 Å². The van der Waals surface area contributed by atoms with Crippen molar-refractivity contribution in [3.63, 3.8) is 0 Å². The van der Waals surface area contributed by atoms with E-state index in [0.29, 0.717) is 5.92 Å². The number of nitrogens with zero attached hydrogens (tertiary/aromatic N) is 1. The predicted molar refractivity (Wildman–Crippen MR) is 70.2 cm³/mol. The summed E-state index contributed by atoms with van der Waals surface area (Å²) < 4.78 is 0. The monoisotopic (exact) mass is 218 g/mol. The lowest BCUT2D eigenvalue weighted by molar-refractivity contribution is 0.610. The third-order valence-corrected chi connectivity index (χ3v) is 3.43. The molecule has 0 aliphatic carbocycles. The highest BCUT2D eigenvalue weighted by Crippen LogP contribution is 2.25. The fourth-order valence-electron chi connectivity index (χ4n) is 2.35. The van der Waals surface area contributed by atoms with Crippen LogP contribution in [-0.4, -0.2) is 27.2 Å². The second-order valence-corrected chi connectivity index (χ2v) is 4.88. The van der Waals surface area contributed by atoms with Crippen molar-refractivity contribution in [2.24, 2.45) is 0 Å². The summed E-state index contributed by atoms with van der Waals surface area (Å²) >= 11 is 0. The Labute approximate surface area is 98.7 Å². The van der Waals surface area contributed by atoms with Gasteiger partial charge in [0.15, 0.2) is 0 Å². The summed E-state index contributed by atoms with van der Waals surface area (Å²) in [5.41, 5.74) is 2.77. The van der Waals surface area contributed by atoms with Gasteiger partial charge in [0.25, 0.3) is 0 Å². The van der Waals surface area contributed by atoms with Crippen molar-refractivity contribution in [1.29, 1.82) is 0 Å². The molecule has 0 bridgehead atoms. The van der Waals surface area contributed by atoms with E-state index in [4.69, 9.17) is 0 Å². The molecule has 2 rings (SSSR count). The minimum absolute atomic E-state index is 0.707. The van der Waals surface area contributed by atoms with Crippen molar-refractivity contribution in [2.45, 2.75) is 25.2 Å². The van der Waals surface area contributed by atoms with Crippen molar-refractivity contribution in [2.75, 3.05) is 32.1 Å². The van der Waals surface area contributed by atoms with Crippen molar-refractivity contribution < 1.29 is 0 Å². The lowest BCUT2D eigenvalue weighted by atomic mass is 9.94. The summed E-state index contributed by atoms with van der Waals surface area (Å²) in [5, 5.41) is 3.52. The Hall–Kier alpha value is -1.02. The maximum absolute atomic E-state index is 3.52. The Bertz CT molecular complexity index is 308. The van der Waals surface area contributed by atoms with E-state index in [1.165, 1.54) is 37.1 Å². The average Bonchev–Trinajstić information content (AvgIpc) is 2.57. The van der Waals surface area contributed by atoms with Crippen LogP contribution >= 0.6 is 0 Å². The molecule has 0 aromatic heterocycles. The SMILES string of the molecule is CN(C)c1ccc(C2CCCCNC2)cc1. The van der Waals surface area contributed by atoms with Crippen LogP contribution in [0.25, 0.3) is 0 Å². The van der Waals surface area contributed by atoms with Gasteiger partial charge in [0.05, 0.1) is 0 Å². The Balaban J connectivity index is 2.07. The third-order valence-electron chi connectivity index (χ3n) is 3.43. The molecule has 1 saturated heterocycles. The maximum atomic E-state index is 3.52. The topological polar surface area (TPSA) is 15.3 Å². The summed E-state index contributed by atoms with van der Waals surface area (Å²) in [6.07, 6.45) is 4.01. The van der Waals surface area contributed by atoms with E-state index in [2.05, 4.69) is 48.6 Å². The van der Waals surface area contributed by atoms with Gasteiger partial charge in [-0.25, -0.2) is 0 Å². The van der Waals surface area contributed by atoms with Gasteiger partial charge in [-0.1, -0.05) is 18.6 Å². The summed E-state index contributed by atoms with van der Waals surface area (Å²) in [6, 6.07) is 9.01. The molecule has 1 fully saturated rings. The minimum Gasteiger partial charge on any atom is -0.378 e. The average molecular weight is 218 g/mol. The van der Waals surface area contributed by atoms with Gasteiger partial charge >= 0.3 is 0 Å². The third kappa shape index (κ3) is 2.76. The van der Waals surface area contributed by atoms with Gasteiger partial charge in [0.2, 0.25) is 0 Å². The second kappa shape index (κ2) is 5.35. The van der Waals surface area contributed by atoms with Crippen molar-refractivity contribution in [3.05, 3.63) is 29.8 Å².